The first kappa shape index (κ1) is 19.9. The molecule has 1 aromatic carbocycles. The summed E-state index contributed by atoms with van der Waals surface area (Å²) in [6, 6.07) is 11.3. The van der Waals surface area contributed by atoms with E-state index in [0.717, 1.165) is 52.8 Å². The van der Waals surface area contributed by atoms with Crippen LogP contribution in [0.2, 0.25) is 0 Å². The van der Waals surface area contributed by atoms with Crippen molar-refractivity contribution in [3.05, 3.63) is 65.2 Å². The molecule has 4 rings (SSSR count). The molecule has 2 aromatic heterocycles. The third-order valence-electron chi connectivity index (χ3n) is 5.24. The van der Waals surface area contributed by atoms with Crippen molar-refractivity contribution < 1.29 is 18.7 Å². The lowest BCUT2D eigenvalue weighted by Crippen LogP contribution is -2.35. The number of hydrogen-bond donors (Lipinski definition) is 1. The maximum absolute atomic E-state index is 13.2. The molecule has 0 fully saturated rings. The van der Waals surface area contributed by atoms with E-state index in [9.17, 15) is 9.59 Å². The second-order valence-corrected chi connectivity index (χ2v) is 7.31. The number of likely N-dealkylation sites (N-methyl/N-ethyl adjacent to an activating group) is 1. The monoisotopic (exact) mass is 404 g/mol. The van der Waals surface area contributed by atoms with Crippen LogP contribution in [-0.2, 0) is 16.0 Å². The maximum atomic E-state index is 13.2. The Morgan fingerprint density at radius 2 is 2.07 bits per heavy atom. The van der Waals surface area contributed by atoms with Crippen LogP contribution in [-0.4, -0.2) is 29.5 Å². The van der Waals surface area contributed by atoms with Crippen molar-refractivity contribution in [3.63, 3.8) is 0 Å². The summed E-state index contributed by atoms with van der Waals surface area (Å²) >= 11 is 0. The summed E-state index contributed by atoms with van der Waals surface area (Å²) in [7, 11) is 0. The molecule has 6 heteroatoms. The van der Waals surface area contributed by atoms with Crippen LogP contribution in [0.5, 0.6) is 0 Å². The van der Waals surface area contributed by atoms with E-state index >= 15 is 0 Å². The van der Waals surface area contributed by atoms with Gasteiger partial charge in [0.2, 0.25) is 0 Å². The lowest BCUT2D eigenvalue weighted by Gasteiger charge is -2.23. The van der Waals surface area contributed by atoms with Crippen molar-refractivity contribution in [2.45, 2.75) is 39.2 Å². The molecule has 6 nitrogen and oxygen atoms in total. The molecule has 1 aliphatic rings. The van der Waals surface area contributed by atoms with E-state index in [1.165, 1.54) is 0 Å². The SMILES string of the molecule is CCNC(=O)[C@H](C)OC(=O)c1c2c(nc3ccccc13)/C(=C\c1ccco1)CCC2. The Morgan fingerprint density at radius 3 is 2.83 bits per heavy atom. The second kappa shape index (κ2) is 8.53. The lowest BCUT2D eigenvalue weighted by molar-refractivity contribution is -0.128. The molecule has 0 saturated carbocycles. The Balaban J connectivity index is 1.81. The topological polar surface area (TPSA) is 81.4 Å². The molecule has 0 unspecified atom stereocenters. The average molecular weight is 404 g/mol. The summed E-state index contributed by atoms with van der Waals surface area (Å²) in [6.45, 7) is 3.89. The zero-order chi connectivity index (χ0) is 21.1. The quantitative estimate of drug-likeness (QED) is 0.638. The van der Waals surface area contributed by atoms with Crippen LogP contribution < -0.4 is 5.32 Å². The van der Waals surface area contributed by atoms with Gasteiger partial charge in [-0.3, -0.25) is 4.79 Å². The molecule has 0 aliphatic heterocycles. The minimum absolute atomic E-state index is 0.309. The molecule has 0 radical (unpaired) electrons. The third-order valence-corrected chi connectivity index (χ3v) is 5.24. The fourth-order valence-electron chi connectivity index (χ4n) is 3.84. The molecule has 1 atom stereocenters. The van der Waals surface area contributed by atoms with Crippen LogP contribution in [0.1, 0.15) is 54.1 Å². The molecule has 3 aromatic rings. The largest absolute Gasteiger partial charge is 0.465 e. The fourth-order valence-corrected chi connectivity index (χ4v) is 3.84. The Kier molecular flexibility index (Phi) is 5.65. The number of benzene rings is 1. The molecule has 0 saturated heterocycles. The standard InChI is InChI=1S/C24H24N2O4/c1-3-25-23(27)15(2)30-24(28)21-18-10-4-5-12-20(18)26-22-16(8-6-11-19(21)22)14-17-9-7-13-29-17/h4-5,7,9-10,12-15H,3,6,8,11H2,1-2H3,(H,25,27)/b16-14-/t15-/m0/s1. The minimum atomic E-state index is -0.873. The normalized spacial score (nSPS) is 15.6. The number of ether oxygens (including phenoxy) is 1. The lowest BCUT2D eigenvalue weighted by atomic mass is 9.86. The predicted octanol–water partition coefficient (Wildman–Crippen LogP) is 4.39. The van der Waals surface area contributed by atoms with Crippen molar-refractivity contribution in [3.8, 4) is 0 Å². The predicted molar refractivity (Wildman–Crippen MR) is 115 cm³/mol. The Bertz CT molecular complexity index is 1120. The van der Waals surface area contributed by atoms with Crippen molar-refractivity contribution in [1.29, 1.82) is 0 Å². The van der Waals surface area contributed by atoms with Gasteiger partial charge in [-0.1, -0.05) is 18.2 Å². The Hall–Kier alpha value is -3.41. The van der Waals surface area contributed by atoms with Gasteiger partial charge in [0.1, 0.15) is 5.76 Å². The summed E-state index contributed by atoms with van der Waals surface area (Å²) in [6.07, 6.45) is 5.21. The first-order chi connectivity index (χ1) is 14.6. The third kappa shape index (κ3) is 3.85. The summed E-state index contributed by atoms with van der Waals surface area (Å²) in [5.74, 6) is -0.0545. The number of carbonyl (C=O) groups is 2. The molecule has 0 spiro atoms. The second-order valence-electron chi connectivity index (χ2n) is 7.31. The van der Waals surface area contributed by atoms with Crippen LogP contribution >= 0.6 is 0 Å². The van der Waals surface area contributed by atoms with Crippen molar-refractivity contribution in [1.82, 2.24) is 10.3 Å². The average Bonchev–Trinajstić information content (AvgIpc) is 3.25. The molecule has 154 valence electrons. The number of nitrogens with zero attached hydrogens (tertiary/aromatic N) is 1. The van der Waals surface area contributed by atoms with Gasteiger partial charge in [0.15, 0.2) is 6.10 Å². The number of para-hydroxylation sites is 1. The van der Waals surface area contributed by atoms with Gasteiger partial charge in [0.05, 0.1) is 23.0 Å². The van der Waals surface area contributed by atoms with E-state index in [0.29, 0.717) is 12.1 Å². The van der Waals surface area contributed by atoms with Gasteiger partial charge in [0.25, 0.3) is 5.91 Å². The van der Waals surface area contributed by atoms with Gasteiger partial charge in [-0.2, -0.15) is 0 Å². The van der Waals surface area contributed by atoms with Crippen LogP contribution in [0.15, 0.2) is 47.1 Å². The number of pyridine rings is 1. The van der Waals surface area contributed by atoms with Crippen molar-refractivity contribution in [2.24, 2.45) is 0 Å². The molecule has 0 bridgehead atoms. The van der Waals surface area contributed by atoms with Crippen LogP contribution in [0.4, 0.5) is 0 Å². The van der Waals surface area contributed by atoms with Gasteiger partial charge >= 0.3 is 5.97 Å². The molecule has 1 aliphatic carbocycles. The van der Waals surface area contributed by atoms with Gasteiger partial charge in [0, 0.05) is 11.9 Å². The van der Waals surface area contributed by atoms with Gasteiger partial charge in [-0.15, -0.1) is 0 Å². The van der Waals surface area contributed by atoms with Crippen LogP contribution in [0.3, 0.4) is 0 Å². The number of amides is 1. The van der Waals surface area contributed by atoms with E-state index in [1.54, 1.807) is 13.2 Å². The molecular formula is C24H24N2O4. The molecular weight excluding hydrogens is 380 g/mol. The van der Waals surface area contributed by atoms with Gasteiger partial charge in [-0.05, 0) is 68.5 Å². The van der Waals surface area contributed by atoms with E-state index < -0.39 is 12.1 Å². The number of allylic oxidation sites excluding steroid dienone is 1. The number of fused-ring (bicyclic) bond motifs is 2. The summed E-state index contributed by atoms with van der Waals surface area (Å²) in [5.41, 5.74) is 3.92. The van der Waals surface area contributed by atoms with E-state index in [-0.39, 0.29) is 5.91 Å². The van der Waals surface area contributed by atoms with Crippen LogP contribution in [0.25, 0.3) is 22.6 Å². The first-order valence-corrected chi connectivity index (χ1v) is 10.2. The first-order valence-electron chi connectivity index (χ1n) is 10.2. The van der Waals surface area contributed by atoms with E-state index in [4.69, 9.17) is 14.1 Å². The minimum Gasteiger partial charge on any atom is -0.465 e. The number of aromatic nitrogens is 1. The highest BCUT2D eigenvalue weighted by Gasteiger charge is 2.28. The summed E-state index contributed by atoms with van der Waals surface area (Å²) in [4.78, 5) is 30.1. The van der Waals surface area contributed by atoms with Crippen molar-refractivity contribution >= 4 is 34.4 Å². The zero-order valence-corrected chi connectivity index (χ0v) is 17.1. The highest BCUT2D eigenvalue weighted by Crippen LogP contribution is 2.36. The van der Waals surface area contributed by atoms with Gasteiger partial charge < -0.3 is 14.5 Å². The number of rotatable bonds is 5. The highest BCUT2D eigenvalue weighted by molar-refractivity contribution is 6.07. The summed E-state index contributed by atoms with van der Waals surface area (Å²) in [5, 5.41) is 3.42. The maximum Gasteiger partial charge on any atom is 0.339 e. The fraction of sp³-hybridized carbons (Fsp3) is 0.292. The van der Waals surface area contributed by atoms with Crippen LogP contribution in [0, 0.1) is 0 Å². The molecule has 1 N–H and O–H groups in total. The molecule has 2 heterocycles. The van der Waals surface area contributed by atoms with E-state index in [2.05, 4.69) is 5.32 Å². The highest BCUT2D eigenvalue weighted by atomic mass is 16.5. The molecule has 30 heavy (non-hydrogen) atoms. The smallest absolute Gasteiger partial charge is 0.339 e. The van der Waals surface area contributed by atoms with Crippen molar-refractivity contribution in [2.75, 3.05) is 6.54 Å². The number of carbonyl (C=O) groups excluding carboxylic acids is 2. The Morgan fingerprint density at radius 1 is 1.23 bits per heavy atom. The molecule has 1 amide bonds. The Labute approximate surface area is 174 Å². The zero-order valence-electron chi connectivity index (χ0n) is 17.1. The number of esters is 1. The summed E-state index contributed by atoms with van der Waals surface area (Å²) < 4.78 is 11.0. The number of nitrogens with one attached hydrogen (secondary N) is 1. The van der Waals surface area contributed by atoms with E-state index in [1.807, 2.05) is 49.4 Å². The number of hydrogen-bond acceptors (Lipinski definition) is 5. The van der Waals surface area contributed by atoms with Gasteiger partial charge in [-0.25, -0.2) is 9.78 Å². The number of furan rings is 1.